The highest BCUT2D eigenvalue weighted by atomic mass is 16.2. The van der Waals surface area contributed by atoms with Crippen molar-refractivity contribution < 1.29 is 4.79 Å². The van der Waals surface area contributed by atoms with E-state index in [2.05, 4.69) is 74.2 Å². The van der Waals surface area contributed by atoms with Gasteiger partial charge in [0.1, 0.15) is 0 Å². The summed E-state index contributed by atoms with van der Waals surface area (Å²) < 4.78 is 0. The van der Waals surface area contributed by atoms with Crippen molar-refractivity contribution >= 4 is 11.6 Å². The molecule has 2 aromatic rings. The first-order valence-corrected chi connectivity index (χ1v) is 10.8. The van der Waals surface area contributed by atoms with Crippen molar-refractivity contribution in [1.29, 1.82) is 0 Å². The Kier molecular flexibility index (Phi) is 5.81. The van der Waals surface area contributed by atoms with Gasteiger partial charge in [0.25, 0.3) is 5.91 Å². The fourth-order valence-corrected chi connectivity index (χ4v) is 4.43. The van der Waals surface area contributed by atoms with Gasteiger partial charge in [-0.05, 0) is 51.3 Å². The second kappa shape index (κ2) is 8.50. The number of nitrogens with zero attached hydrogens (tertiary/aromatic N) is 3. The number of likely N-dealkylation sites (tertiary alicyclic amines) is 1. The van der Waals surface area contributed by atoms with E-state index in [0.29, 0.717) is 12.6 Å². The van der Waals surface area contributed by atoms with Crippen LogP contribution in [0.5, 0.6) is 0 Å². The maximum absolute atomic E-state index is 13.3. The second-order valence-corrected chi connectivity index (χ2v) is 8.60. The van der Waals surface area contributed by atoms with Crippen molar-refractivity contribution in [3.63, 3.8) is 0 Å². The van der Waals surface area contributed by atoms with E-state index < -0.39 is 0 Å². The van der Waals surface area contributed by atoms with Gasteiger partial charge in [0, 0.05) is 12.5 Å². The number of benzene rings is 2. The van der Waals surface area contributed by atoms with Gasteiger partial charge >= 0.3 is 0 Å². The SMILES string of the molecule is Cc1ccc(C2CC(c3cccc(C)c3)=NN2C(=O)CN2CCCCC2C)cc1. The topological polar surface area (TPSA) is 35.9 Å². The number of hydrazone groups is 1. The zero-order valence-electron chi connectivity index (χ0n) is 17.8. The molecule has 1 saturated heterocycles. The van der Waals surface area contributed by atoms with Crippen LogP contribution in [0.4, 0.5) is 0 Å². The van der Waals surface area contributed by atoms with E-state index in [9.17, 15) is 4.79 Å². The van der Waals surface area contributed by atoms with E-state index in [1.165, 1.54) is 30.4 Å². The fraction of sp³-hybridized carbons (Fsp3) is 0.440. The van der Waals surface area contributed by atoms with Gasteiger partial charge in [-0.2, -0.15) is 5.10 Å². The predicted molar refractivity (Wildman–Crippen MR) is 118 cm³/mol. The number of hydrogen-bond donors (Lipinski definition) is 0. The molecule has 1 fully saturated rings. The summed E-state index contributed by atoms with van der Waals surface area (Å²) in [5.41, 5.74) is 5.71. The van der Waals surface area contributed by atoms with Gasteiger partial charge in [0.15, 0.2) is 0 Å². The van der Waals surface area contributed by atoms with E-state index in [1.54, 1.807) is 5.01 Å². The number of rotatable bonds is 4. The highest BCUT2D eigenvalue weighted by Gasteiger charge is 2.34. The van der Waals surface area contributed by atoms with E-state index in [4.69, 9.17) is 5.10 Å². The molecule has 4 nitrogen and oxygen atoms in total. The molecule has 2 aliphatic rings. The van der Waals surface area contributed by atoms with Crippen LogP contribution in [0.25, 0.3) is 0 Å². The van der Waals surface area contributed by atoms with Crippen LogP contribution in [-0.2, 0) is 4.79 Å². The Labute approximate surface area is 174 Å². The Morgan fingerprint density at radius 2 is 1.86 bits per heavy atom. The molecule has 0 spiro atoms. The molecule has 0 aromatic heterocycles. The molecule has 152 valence electrons. The number of carbonyl (C=O) groups is 1. The molecule has 0 radical (unpaired) electrons. The van der Waals surface area contributed by atoms with E-state index in [1.807, 2.05) is 0 Å². The summed E-state index contributed by atoms with van der Waals surface area (Å²) >= 11 is 0. The van der Waals surface area contributed by atoms with Crippen molar-refractivity contribution in [3.8, 4) is 0 Å². The highest BCUT2D eigenvalue weighted by molar-refractivity contribution is 6.03. The smallest absolute Gasteiger partial charge is 0.257 e. The molecule has 2 atom stereocenters. The van der Waals surface area contributed by atoms with Crippen molar-refractivity contribution in [2.75, 3.05) is 13.1 Å². The summed E-state index contributed by atoms with van der Waals surface area (Å²) in [6.45, 7) is 7.87. The van der Waals surface area contributed by atoms with Crippen LogP contribution in [0.15, 0.2) is 53.6 Å². The Balaban J connectivity index is 1.61. The van der Waals surface area contributed by atoms with Gasteiger partial charge in [-0.1, -0.05) is 66.1 Å². The Bertz CT molecular complexity index is 903. The van der Waals surface area contributed by atoms with E-state index in [-0.39, 0.29) is 11.9 Å². The molecule has 2 heterocycles. The summed E-state index contributed by atoms with van der Waals surface area (Å²) in [6.07, 6.45) is 4.37. The molecular formula is C25H31N3O. The van der Waals surface area contributed by atoms with Crippen LogP contribution in [-0.4, -0.2) is 40.7 Å². The molecule has 2 unspecified atom stereocenters. The molecule has 0 N–H and O–H groups in total. The molecule has 29 heavy (non-hydrogen) atoms. The zero-order valence-corrected chi connectivity index (χ0v) is 17.8. The lowest BCUT2D eigenvalue weighted by Gasteiger charge is -2.34. The quantitative estimate of drug-likeness (QED) is 0.749. The molecular weight excluding hydrogens is 358 g/mol. The molecule has 2 aliphatic heterocycles. The third-order valence-electron chi connectivity index (χ3n) is 6.26. The number of aryl methyl sites for hydroxylation is 2. The molecule has 1 amide bonds. The van der Waals surface area contributed by atoms with Crippen molar-refractivity contribution in [1.82, 2.24) is 9.91 Å². The van der Waals surface area contributed by atoms with Gasteiger partial charge in [0.05, 0.1) is 18.3 Å². The monoisotopic (exact) mass is 389 g/mol. The standard InChI is InChI=1S/C25H31N3O/c1-18-10-12-21(13-11-18)24-16-23(22-9-6-7-19(2)15-22)26-28(24)25(29)17-27-14-5-4-8-20(27)3/h6-7,9-13,15,20,24H,4-5,8,14,16-17H2,1-3H3. The predicted octanol–water partition coefficient (Wildman–Crippen LogP) is 4.86. The molecule has 2 aromatic carbocycles. The zero-order chi connectivity index (χ0) is 20.4. The molecule has 0 saturated carbocycles. The lowest BCUT2D eigenvalue weighted by Crippen LogP contribution is -2.44. The van der Waals surface area contributed by atoms with Gasteiger partial charge in [-0.3, -0.25) is 9.69 Å². The number of carbonyl (C=O) groups excluding carboxylic acids is 1. The van der Waals surface area contributed by atoms with E-state index in [0.717, 1.165) is 29.8 Å². The third kappa shape index (κ3) is 4.43. The average Bonchev–Trinajstić information content (AvgIpc) is 3.16. The second-order valence-electron chi connectivity index (χ2n) is 8.60. The van der Waals surface area contributed by atoms with Crippen LogP contribution in [0, 0.1) is 13.8 Å². The van der Waals surface area contributed by atoms with Gasteiger partial charge in [-0.15, -0.1) is 0 Å². The van der Waals surface area contributed by atoms with Crippen LogP contribution < -0.4 is 0 Å². The lowest BCUT2D eigenvalue weighted by molar-refractivity contribution is -0.135. The summed E-state index contributed by atoms with van der Waals surface area (Å²) in [6, 6.07) is 17.4. The average molecular weight is 390 g/mol. The van der Waals surface area contributed by atoms with Gasteiger partial charge < -0.3 is 0 Å². The maximum Gasteiger partial charge on any atom is 0.257 e. The Morgan fingerprint density at radius 1 is 1.07 bits per heavy atom. The van der Waals surface area contributed by atoms with Crippen LogP contribution >= 0.6 is 0 Å². The molecule has 4 rings (SSSR count). The summed E-state index contributed by atoms with van der Waals surface area (Å²) in [4.78, 5) is 15.6. The first-order chi connectivity index (χ1) is 14.0. The van der Waals surface area contributed by atoms with Crippen LogP contribution in [0.3, 0.4) is 0 Å². The minimum atomic E-state index is -0.0290. The van der Waals surface area contributed by atoms with Crippen molar-refractivity contribution in [2.24, 2.45) is 5.10 Å². The van der Waals surface area contributed by atoms with Crippen LogP contribution in [0.1, 0.15) is 60.9 Å². The lowest BCUT2D eigenvalue weighted by atomic mass is 9.97. The van der Waals surface area contributed by atoms with Gasteiger partial charge in [0.2, 0.25) is 0 Å². The third-order valence-corrected chi connectivity index (χ3v) is 6.26. The largest absolute Gasteiger partial charge is 0.292 e. The first-order valence-electron chi connectivity index (χ1n) is 10.8. The summed E-state index contributed by atoms with van der Waals surface area (Å²) in [7, 11) is 0. The van der Waals surface area contributed by atoms with E-state index >= 15 is 0 Å². The Hall–Kier alpha value is -2.46. The van der Waals surface area contributed by atoms with Crippen molar-refractivity contribution in [3.05, 3.63) is 70.8 Å². The number of piperidine rings is 1. The van der Waals surface area contributed by atoms with Gasteiger partial charge in [-0.25, -0.2) is 5.01 Å². The Morgan fingerprint density at radius 3 is 2.59 bits per heavy atom. The summed E-state index contributed by atoms with van der Waals surface area (Å²) in [5, 5.41) is 6.60. The van der Waals surface area contributed by atoms with Crippen LogP contribution in [0.2, 0.25) is 0 Å². The highest BCUT2D eigenvalue weighted by Crippen LogP contribution is 2.33. The molecule has 4 heteroatoms. The normalized spacial score (nSPS) is 22.6. The summed E-state index contributed by atoms with van der Waals surface area (Å²) in [5.74, 6) is 0.104. The minimum absolute atomic E-state index is 0.0290. The molecule has 0 aliphatic carbocycles. The molecule has 0 bridgehead atoms. The number of hydrogen-bond acceptors (Lipinski definition) is 3. The fourth-order valence-electron chi connectivity index (χ4n) is 4.43. The maximum atomic E-state index is 13.3. The first kappa shape index (κ1) is 19.8. The minimum Gasteiger partial charge on any atom is -0.292 e. The number of amides is 1. The van der Waals surface area contributed by atoms with Crippen molar-refractivity contribution in [2.45, 2.75) is 58.5 Å².